The molecule has 1 aromatic carbocycles. The molecule has 1 atom stereocenters. The average molecular weight is 435 g/mol. The molecule has 28 heavy (non-hydrogen) atoms. The molecule has 2 fully saturated rings. The smallest absolute Gasteiger partial charge is 0.295 e. The second kappa shape index (κ2) is 7.56. The Morgan fingerprint density at radius 1 is 1.18 bits per heavy atom. The van der Waals surface area contributed by atoms with Gasteiger partial charge in [-0.1, -0.05) is 31.2 Å². The number of hydrogen-bond acceptors (Lipinski definition) is 7. The third-order valence-corrected chi connectivity index (χ3v) is 7.71. The van der Waals surface area contributed by atoms with Gasteiger partial charge in [-0.3, -0.25) is 25.5 Å². The lowest BCUT2D eigenvalue weighted by atomic mass is 9.86. The predicted octanol–water partition coefficient (Wildman–Crippen LogP) is 5.31. The summed E-state index contributed by atoms with van der Waals surface area (Å²) in [5, 5.41) is 25.9. The van der Waals surface area contributed by atoms with E-state index in [2.05, 4.69) is 11.9 Å². The summed E-state index contributed by atoms with van der Waals surface area (Å²) in [6.45, 7) is 4.68. The Kier molecular flexibility index (Phi) is 5.65. The van der Waals surface area contributed by atoms with Crippen molar-refractivity contribution in [3.05, 3.63) is 49.4 Å². The molecule has 1 N–H and O–H groups in total. The molecule has 152 valence electrons. The first kappa shape index (κ1) is 20.9. The first-order valence-electron chi connectivity index (χ1n) is 8.34. The molecule has 1 heterocycles. The molecule has 1 saturated heterocycles. The van der Waals surface area contributed by atoms with E-state index < -0.39 is 42.6 Å². The van der Waals surface area contributed by atoms with E-state index in [0.29, 0.717) is 18.7 Å². The standard InChI is InChI=1S/C16H16F3N3O4S2/c1-9-15(4-2-3-5-15)8-20-14(27-9)28-13-11(21(23)24)6-10(16(17,18)19)7-12(13)22(25)26/h6-7,14,20H,1-5,8H2. The van der Waals surface area contributed by atoms with Crippen LogP contribution in [0.25, 0.3) is 0 Å². The molecule has 0 amide bonds. The van der Waals surface area contributed by atoms with Crippen molar-refractivity contribution < 1.29 is 23.0 Å². The maximum atomic E-state index is 13.0. The van der Waals surface area contributed by atoms with Gasteiger partial charge in [-0.05, 0) is 17.7 Å². The summed E-state index contributed by atoms with van der Waals surface area (Å²) in [5.74, 6) is 0. The van der Waals surface area contributed by atoms with Crippen molar-refractivity contribution >= 4 is 34.9 Å². The zero-order valence-corrected chi connectivity index (χ0v) is 16.1. The molecule has 2 aliphatic rings. The largest absolute Gasteiger partial charge is 0.416 e. The van der Waals surface area contributed by atoms with Crippen LogP contribution in [0.2, 0.25) is 0 Å². The number of alkyl halides is 3. The zero-order valence-electron chi connectivity index (χ0n) is 14.5. The molecule has 7 nitrogen and oxygen atoms in total. The van der Waals surface area contributed by atoms with Crippen LogP contribution >= 0.6 is 23.5 Å². The van der Waals surface area contributed by atoms with Gasteiger partial charge in [0, 0.05) is 24.1 Å². The van der Waals surface area contributed by atoms with E-state index >= 15 is 0 Å². The van der Waals surface area contributed by atoms with E-state index in [-0.39, 0.29) is 5.41 Å². The van der Waals surface area contributed by atoms with Gasteiger partial charge in [0.2, 0.25) is 0 Å². The van der Waals surface area contributed by atoms with Crippen LogP contribution < -0.4 is 5.32 Å². The summed E-state index contributed by atoms with van der Waals surface area (Å²) >= 11 is 2.10. The van der Waals surface area contributed by atoms with Crippen LogP contribution in [-0.2, 0) is 6.18 Å². The molecular weight excluding hydrogens is 419 g/mol. The van der Waals surface area contributed by atoms with Crippen molar-refractivity contribution in [3.63, 3.8) is 0 Å². The molecule has 1 unspecified atom stereocenters. The highest BCUT2D eigenvalue weighted by atomic mass is 32.2. The van der Waals surface area contributed by atoms with Crippen LogP contribution in [-0.4, -0.2) is 21.1 Å². The van der Waals surface area contributed by atoms with Crippen molar-refractivity contribution in [1.82, 2.24) is 5.32 Å². The summed E-state index contributed by atoms with van der Waals surface area (Å²) < 4.78 is 38.5. The minimum atomic E-state index is -4.93. The Labute approximate surface area is 166 Å². The number of nitro benzene ring substituents is 2. The minimum Gasteiger partial charge on any atom is -0.295 e. The number of nitrogens with one attached hydrogen (secondary N) is 1. The second-order valence-corrected chi connectivity index (χ2v) is 9.33. The number of halogens is 3. The first-order chi connectivity index (χ1) is 13.0. The van der Waals surface area contributed by atoms with E-state index in [1.54, 1.807) is 0 Å². The van der Waals surface area contributed by atoms with Gasteiger partial charge in [0.15, 0.2) is 4.90 Å². The number of hydrogen-bond donors (Lipinski definition) is 1. The maximum Gasteiger partial charge on any atom is 0.416 e. The Morgan fingerprint density at radius 3 is 2.14 bits per heavy atom. The molecule has 1 aliphatic heterocycles. The van der Waals surface area contributed by atoms with Crippen LogP contribution in [0.15, 0.2) is 28.5 Å². The quantitative estimate of drug-likeness (QED) is 0.506. The molecular formula is C16H16F3N3O4S2. The van der Waals surface area contributed by atoms with Gasteiger partial charge in [-0.25, -0.2) is 0 Å². The van der Waals surface area contributed by atoms with Gasteiger partial charge < -0.3 is 0 Å². The van der Waals surface area contributed by atoms with Crippen molar-refractivity contribution in [1.29, 1.82) is 0 Å². The van der Waals surface area contributed by atoms with Crippen molar-refractivity contribution in [2.75, 3.05) is 6.54 Å². The van der Waals surface area contributed by atoms with E-state index in [0.717, 1.165) is 42.4 Å². The lowest BCUT2D eigenvalue weighted by Gasteiger charge is -2.39. The summed E-state index contributed by atoms with van der Waals surface area (Å²) in [4.78, 5) is 21.1. The van der Waals surface area contributed by atoms with Gasteiger partial charge in [0.05, 0.1) is 15.4 Å². The fourth-order valence-electron chi connectivity index (χ4n) is 3.51. The molecule has 1 aromatic rings. The van der Waals surface area contributed by atoms with Gasteiger partial charge in [0.25, 0.3) is 11.4 Å². The summed E-state index contributed by atoms with van der Waals surface area (Å²) in [6, 6.07) is 0.687. The Hall–Kier alpha value is -1.79. The maximum absolute atomic E-state index is 13.0. The van der Waals surface area contributed by atoms with Crippen LogP contribution in [0.3, 0.4) is 0 Å². The van der Waals surface area contributed by atoms with E-state index in [1.807, 2.05) is 0 Å². The fourth-order valence-corrected chi connectivity index (χ4v) is 6.18. The fraction of sp³-hybridized carbons (Fsp3) is 0.500. The van der Waals surface area contributed by atoms with Crippen LogP contribution in [0.1, 0.15) is 31.2 Å². The highest BCUT2D eigenvalue weighted by Crippen LogP contribution is 2.54. The second-order valence-electron chi connectivity index (χ2n) is 6.71. The molecule has 1 aliphatic carbocycles. The average Bonchev–Trinajstić information content (AvgIpc) is 3.07. The van der Waals surface area contributed by atoms with Crippen molar-refractivity contribution in [3.8, 4) is 0 Å². The van der Waals surface area contributed by atoms with Gasteiger partial charge in [-0.2, -0.15) is 13.2 Å². The van der Waals surface area contributed by atoms with Crippen molar-refractivity contribution in [2.45, 2.75) is 41.5 Å². The highest BCUT2D eigenvalue weighted by Gasteiger charge is 2.43. The van der Waals surface area contributed by atoms with Gasteiger partial charge in [0.1, 0.15) is 4.71 Å². The molecule has 0 radical (unpaired) electrons. The van der Waals surface area contributed by atoms with Gasteiger partial charge >= 0.3 is 6.18 Å². The van der Waals surface area contributed by atoms with Crippen molar-refractivity contribution in [2.24, 2.45) is 5.41 Å². The van der Waals surface area contributed by atoms with E-state index in [9.17, 15) is 33.4 Å². The number of benzene rings is 1. The number of nitro groups is 2. The molecule has 3 rings (SSSR count). The monoisotopic (exact) mass is 435 g/mol. The van der Waals surface area contributed by atoms with Crippen LogP contribution in [0, 0.1) is 25.6 Å². The third-order valence-electron chi connectivity index (χ3n) is 5.00. The third kappa shape index (κ3) is 3.98. The lowest BCUT2D eigenvalue weighted by molar-refractivity contribution is -0.400. The topological polar surface area (TPSA) is 98.3 Å². The predicted molar refractivity (Wildman–Crippen MR) is 100 cm³/mol. The Morgan fingerprint density at radius 2 is 1.71 bits per heavy atom. The summed E-state index contributed by atoms with van der Waals surface area (Å²) in [6.07, 6.45) is -0.822. The molecule has 0 bridgehead atoms. The summed E-state index contributed by atoms with van der Waals surface area (Å²) in [7, 11) is 0. The lowest BCUT2D eigenvalue weighted by Crippen LogP contribution is -2.41. The summed E-state index contributed by atoms with van der Waals surface area (Å²) in [5.41, 5.74) is -3.34. The van der Waals surface area contributed by atoms with E-state index in [1.165, 1.54) is 11.8 Å². The highest BCUT2D eigenvalue weighted by molar-refractivity contribution is 8.18. The normalized spacial score (nSPS) is 21.8. The minimum absolute atomic E-state index is 0.0558. The zero-order chi connectivity index (χ0) is 20.7. The Balaban J connectivity index is 1.94. The molecule has 1 spiro atoms. The SMILES string of the molecule is C=C1SC(Sc2c([N+](=O)[O-])cc(C(F)(F)F)cc2[N+](=O)[O-])NCC12CCCC2. The van der Waals surface area contributed by atoms with Crippen LogP contribution in [0.4, 0.5) is 24.5 Å². The Bertz CT molecular complexity index is 806. The van der Waals surface area contributed by atoms with E-state index in [4.69, 9.17) is 0 Å². The first-order valence-corrected chi connectivity index (χ1v) is 10.1. The van der Waals surface area contributed by atoms with Gasteiger partial charge in [-0.15, -0.1) is 11.8 Å². The molecule has 12 heteroatoms. The molecule has 1 saturated carbocycles. The molecule has 0 aromatic heterocycles. The number of thioether (sulfide) groups is 2. The number of rotatable bonds is 4. The van der Waals surface area contributed by atoms with Crippen LogP contribution in [0.5, 0.6) is 0 Å². The number of nitrogens with zero attached hydrogens (tertiary/aromatic N) is 2.